The van der Waals surface area contributed by atoms with Gasteiger partial charge >= 0.3 is 6.03 Å². The highest BCUT2D eigenvalue weighted by Gasteiger charge is 2.28. The van der Waals surface area contributed by atoms with Crippen molar-refractivity contribution in [2.24, 2.45) is 0 Å². The van der Waals surface area contributed by atoms with E-state index in [1.54, 1.807) is 6.20 Å². The van der Waals surface area contributed by atoms with Crippen LogP contribution in [0.5, 0.6) is 0 Å². The van der Waals surface area contributed by atoms with Crippen LogP contribution in [0, 0.1) is 6.92 Å². The van der Waals surface area contributed by atoms with Crippen LogP contribution in [0.1, 0.15) is 11.3 Å². The quantitative estimate of drug-likeness (QED) is 0.592. The van der Waals surface area contributed by atoms with Gasteiger partial charge in [0.15, 0.2) is 0 Å². The van der Waals surface area contributed by atoms with E-state index >= 15 is 0 Å². The third-order valence-corrected chi connectivity index (χ3v) is 6.89. The lowest BCUT2D eigenvalue weighted by atomic mass is 10.0. The van der Waals surface area contributed by atoms with Crippen molar-refractivity contribution in [3.8, 4) is 11.1 Å². The number of amides is 2. The lowest BCUT2D eigenvalue weighted by Crippen LogP contribution is -2.44. The Balaban J connectivity index is 1.33. The molecular formula is C26H28ClN5O. The summed E-state index contributed by atoms with van der Waals surface area (Å²) in [5, 5.41) is 3.82. The highest BCUT2D eigenvalue weighted by Crippen LogP contribution is 2.38. The van der Waals surface area contributed by atoms with Gasteiger partial charge in [-0.3, -0.25) is 9.88 Å². The topological polar surface area (TPSA) is 51.7 Å². The highest BCUT2D eigenvalue weighted by atomic mass is 35.5. The third kappa shape index (κ3) is 4.41. The maximum absolute atomic E-state index is 13.2. The van der Waals surface area contributed by atoms with E-state index in [1.165, 1.54) is 0 Å². The Kier molecular flexibility index (Phi) is 5.96. The molecule has 6 nitrogen and oxygen atoms in total. The molecule has 0 bridgehead atoms. The van der Waals surface area contributed by atoms with Crippen LogP contribution in [0.2, 0.25) is 5.02 Å². The number of nitrogens with zero attached hydrogens (tertiary/aromatic N) is 4. The molecule has 1 saturated heterocycles. The standard InChI is InChI=1S/C26H28ClN5O/c1-18-22(4-3-10-28-18)19-5-7-21(8-6-19)29-26(33)32-11-9-20-16-23(27)25(17-24(20)32)31-14-12-30(2)13-15-31/h3-8,10,16-17H,9,11-15H2,1-2H3,(H,29,33). The molecule has 1 aromatic heterocycles. The van der Waals surface area contributed by atoms with E-state index in [1.807, 2.05) is 48.2 Å². The molecule has 2 aliphatic rings. The molecule has 170 valence electrons. The Morgan fingerprint density at radius 3 is 2.48 bits per heavy atom. The van der Waals surface area contributed by atoms with Gasteiger partial charge in [-0.1, -0.05) is 29.8 Å². The summed E-state index contributed by atoms with van der Waals surface area (Å²) in [7, 11) is 2.14. The second-order valence-corrected chi connectivity index (χ2v) is 9.18. The summed E-state index contributed by atoms with van der Waals surface area (Å²) in [5.41, 5.74) is 7.02. The van der Waals surface area contributed by atoms with Gasteiger partial charge in [0.1, 0.15) is 0 Å². The zero-order valence-electron chi connectivity index (χ0n) is 19.0. The number of halogens is 1. The van der Waals surface area contributed by atoms with Crippen LogP contribution in [0.15, 0.2) is 54.7 Å². The predicted octanol–water partition coefficient (Wildman–Crippen LogP) is 5.06. The first-order chi connectivity index (χ1) is 16.0. The average Bonchev–Trinajstić information content (AvgIpc) is 3.23. The number of anilines is 3. The van der Waals surface area contributed by atoms with E-state index < -0.39 is 0 Å². The molecule has 0 aliphatic carbocycles. The molecule has 5 rings (SSSR count). The van der Waals surface area contributed by atoms with Crippen LogP contribution < -0.4 is 15.1 Å². The molecule has 0 spiro atoms. The van der Waals surface area contributed by atoms with Crippen molar-refractivity contribution in [2.45, 2.75) is 13.3 Å². The summed E-state index contributed by atoms with van der Waals surface area (Å²) in [6.45, 7) is 6.53. The first-order valence-corrected chi connectivity index (χ1v) is 11.7. The van der Waals surface area contributed by atoms with Crippen LogP contribution in [0.3, 0.4) is 0 Å². The minimum absolute atomic E-state index is 0.120. The van der Waals surface area contributed by atoms with Gasteiger partial charge in [-0.05, 0) is 61.9 Å². The summed E-state index contributed by atoms with van der Waals surface area (Å²) < 4.78 is 0. The largest absolute Gasteiger partial charge is 0.368 e. The van der Waals surface area contributed by atoms with E-state index in [0.29, 0.717) is 6.54 Å². The van der Waals surface area contributed by atoms with Crippen LogP contribution in [-0.2, 0) is 6.42 Å². The van der Waals surface area contributed by atoms with Gasteiger partial charge in [0.25, 0.3) is 0 Å². The maximum Gasteiger partial charge on any atom is 0.326 e. The van der Waals surface area contributed by atoms with Crippen molar-refractivity contribution < 1.29 is 4.79 Å². The normalized spacial score (nSPS) is 16.1. The number of urea groups is 1. The number of fused-ring (bicyclic) bond motifs is 1. The third-order valence-electron chi connectivity index (χ3n) is 6.59. The van der Waals surface area contributed by atoms with Gasteiger partial charge in [-0.15, -0.1) is 0 Å². The van der Waals surface area contributed by atoms with Crippen molar-refractivity contribution >= 4 is 34.7 Å². The van der Waals surface area contributed by atoms with E-state index in [-0.39, 0.29) is 6.03 Å². The lowest BCUT2D eigenvalue weighted by molar-refractivity contribution is 0.257. The molecule has 0 atom stereocenters. The van der Waals surface area contributed by atoms with Gasteiger partial charge in [0, 0.05) is 55.9 Å². The highest BCUT2D eigenvalue weighted by molar-refractivity contribution is 6.33. The first kappa shape index (κ1) is 21.7. The summed E-state index contributed by atoms with van der Waals surface area (Å²) in [6.07, 6.45) is 2.61. The van der Waals surface area contributed by atoms with Crippen molar-refractivity contribution in [1.29, 1.82) is 0 Å². The number of hydrogen-bond acceptors (Lipinski definition) is 4. The molecule has 3 heterocycles. The predicted molar refractivity (Wildman–Crippen MR) is 136 cm³/mol. The fourth-order valence-electron chi connectivity index (χ4n) is 4.61. The average molecular weight is 462 g/mol. The summed E-state index contributed by atoms with van der Waals surface area (Å²) in [6, 6.07) is 15.9. The minimum atomic E-state index is -0.120. The van der Waals surface area contributed by atoms with Crippen LogP contribution in [0.4, 0.5) is 21.9 Å². The number of carbonyl (C=O) groups excluding carboxylic acids is 1. The molecule has 2 aromatic carbocycles. The molecule has 1 fully saturated rings. The van der Waals surface area contributed by atoms with Crippen LogP contribution in [-0.4, -0.2) is 55.7 Å². The summed E-state index contributed by atoms with van der Waals surface area (Å²) in [5.74, 6) is 0. The van der Waals surface area contributed by atoms with Crippen molar-refractivity contribution in [3.05, 3.63) is 71.0 Å². The van der Waals surface area contributed by atoms with Crippen molar-refractivity contribution in [3.63, 3.8) is 0 Å². The minimum Gasteiger partial charge on any atom is -0.368 e. The zero-order chi connectivity index (χ0) is 22.9. The van der Waals surface area contributed by atoms with E-state index in [9.17, 15) is 4.79 Å². The lowest BCUT2D eigenvalue weighted by Gasteiger charge is -2.35. The Labute approximate surface area is 199 Å². The number of benzene rings is 2. The number of aryl methyl sites for hydroxylation is 1. The monoisotopic (exact) mass is 461 g/mol. The molecule has 3 aromatic rings. The molecule has 33 heavy (non-hydrogen) atoms. The van der Waals surface area contributed by atoms with Crippen molar-refractivity contribution in [2.75, 3.05) is 54.9 Å². The number of nitrogens with one attached hydrogen (secondary N) is 1. The smallest absolute Gasteiger partial charge is 0.326 e. The van der Waals surface area contributed by atoms with Crippen molar-refractivity contribution in [1.82, 2.24) is 9.88 Å². The SMILES string of the molecule is Cc1ncccc1-c1ccc(NC(=O)N2CCc3cc(Cl)c(N4CCN(C)CC4)cc32)cc1. The number of likely N-dealkylation sites (N-methyl/N-ethyl adjacent to an activating group) is 1. The molecule has 2 amide bonds. The first-order valence-electron chi connectivity index (χ1n) is 11.4. The van der Waals surface area contributed by atoms with E-state index in [0.717, 1.165) is 77.1 Å². The zero-order valence-corrected chi connectivity index (χ0v) is 19.8. The van der Waals surface area contributed by atoms with Gasteiger partial charge < -0.3 is 15.1 Å². The number of pyridine rings is 1. The number of carbonyl (C=O) groups is 1. The molecule has 0 unspecified atom stereocenters. The Bertz CT molecular complexity index is 1170. The fraction of sp³-hybridized carbons (Fsp3) is 0.308. The molecule has 2 aliphatic heterocycles. The van der Waals surface area contributed by atoms with Gasteiger partial charge in [0.05, 0.1) is 16.4 Å². The second-order valence-electron chi connectivity index (χ2n) is 8.77. The molecule has 0 radical (unpaired) electrons. The number of rotatable bonds is 3. The van der Waals surface area contributed by atoms with E-state index in [4.69, 9.17) is 11.6 Å². The molecular weight excluding hydrogens is 434 g/mol. The molecule has 1 N–H and O–H groups in total. The Hall–Kier alpha value is -3.09. The number of aromatic nitrogens is 1. The van der Waals surface area contributed by atoms with Crippen LogP contribution in [0.25, 0.3) is 11.1 Å². The second kappa shape index (κ2) is 9.04. The maximum atomic E-state index is 13.2. The van der Waals surface area contributed by atoms with Gasteiger partial charge in [0.2, 0.25) is 0 Å². The van der Waals surface area contributed by atoms with E-state index in [2.05, 4.69) is 39.3 Å². The summed E-state index contributed by atoms with van der Waals surface area (Å²) in [4.78, 5) is 24.0. The fourth-order valence-corrected chi connectivity index (χ4v) is 4.92. The Morgan fingerprint density at radius 1 is 1.00 bits per heavy atom. The Morgan fingerprint density at radius 2 is 1.76 bits per heavy atom. The number of hydrogen-bond donors (Lipinski definition) is 1. The molecule has 7 heteroatoms. The van der Waals surface area contributed by atoms with Crippen LogP contribution >= 0.6 is 11.6 Å². The number of piperazine rings is 1. The molecule has 0 saturated carbocycles. The van der Waals surface area contributed by atoms with Gasteiger partial charge in [-0.2, -0.15) is 0 Å². The summed E-state index contributed by atoms with van der Waals surface area (Å²) >= 11 is 6.63. The van der Waals surface area contributed by atoms with Gasteiger partial charge in [-0.25, -0.2) is 4.79 Å².